The van der Waals surface area contributed by atoms with Gasteiger partial charge in [0, 0.05) is 17.9 Å². The Kier molecular flexibility index (Phi) is 3.65. The molecule has 3 rings (SSSR count). The summed E-state index contributed by atoms with van der Waals surface area (Å²) in [4.78, 5) is 12.2. The third kappa shape index (κ3) is 2.71. The Morgan fingerprint density at radius 3 is 2.64 bits per heavy atom. The molecule has 8 heteroatoms. The van der Waals surface area contributed by atoms with E-state index in [0.29, 0.717) is 11.4 Å². The molecule has 0 aliphatic heterocycles. The van der Waals surface area contributed by atoms with E-state index in [1.165, 1.54) is 11.0 Å². The number of hydrogen-bond donors (Lipinski definition) is 1. The van der Waals surface area contributed by atoms with Gasteiger partial charge in [0.05, 0.1) is 5.69 Å². The van der Waals surface area contributed by atoms with Gasteiger partial charge in [0.1, 0.15) is 6.33 Å². The molecule has 2 heterocycles. The summed E-state index contributed by atoms with van der Waals surface area (Å²) in [6.07, 6.45) is 1.51. The Balaban J connectivity index is 1.73. The van der Waals surface area contributed by atoms with Crippen LogP contribution in [0.4, 0.5) is 5.69 Å². The molecular formula is C14H15N7O. The highest BCUT2D eigenvalue weighted by molar-refractivity contribution is 6.02. The summed E-state index contributed by atoms with van der Waals surface area (Å²) in [5.41, 5.74) is 2.87. The van der Waals surface area contributed by atoms with Crippen molar-refractivity contribution in [1.29, 1.82) is 0 Å². The molecule has 1 amide bonds. The molecule has 3 aromatic rings. The van der Waals surface area contributed by atoms with E-state index in [1.807, 2.05) is 26.0 Å². The fourth-order valence-corrected chi connectivity index (χ4v) is 2.11. The SMILES string of the molecule is CCn1nc(C(=O)Nc2ccc(-n3cnnn3)cc2)cc1C. The lowest BCUT2D eigenvalue weighted by Crippen LogP contribution is -2.13. The van der Waals surface area contributed by atoms with Crippen LogP contribution < -0.4 is 5.32 Å². The van der Waals surface area contributed by atoms with Crippen LogP contribution in [0.5, 0.6) is 0 Å². The van der Waals surface area contributed by atoms with Gasteiger partial charge in [-0.05, 0) is 54.6 Å². The molecule has 0 spiro atoms. The number of tetrazole rings is 1. The fraction of sp³-hybridized carbons (Fsp3) is 0.214. The number of nitrogens with one attached hydrogen (secondary N) is 1. The lowest BCUT2D eigenvalue weighted by molar-refractivity contribution is 0.102. The summed E-state index contributed by atoms with van der Waals surface area (Å²) in [7, 11) is 0. The van der Waals surface area contributed by atoms with Crippen molar-refractivity contribution >= 4 is 11.6 Å². The van der Waals surface area contributed by atoms with Crippen LogP contribution in [0.3, 0.4) is 0 Å². The number of aromatic nitrogens is 6. The molecule has 0 fully saturated rings. The van der Waals surface area contributed by atoms with Crippen molar-refractivity contribution in [2.24, 2.45) is 0 Å². The predicted molar refractivity (Wildman–Crippen MR) is 79.7 cm³/mol. The van der Waals surface area contributed by atoms with Crippen molar-refractivity contribution < 1.29 is 4.79 Å². The Labute approximate surface area is 126 Å². The molecule has 0 aliphatic carbocycles. The normalized spacial score (nSPS) is 10.6. The van der Waals surface area contributed by atoms with Gasteiger partial charge in [0.25, 0.3) is 5.91 Å². The van der Waals surface area contributed by atoms with Gasteiger partial charge in [-0.2, -0.15) is 5.10 Å². The molecule has 112 valence electrons. The van der Waals surface area contributed by atoms with Crippen molar-refractivity contribution in [3.05, 3.63) is 48.0 Å². The van der Waals surface area contributed by atoms with E-state index in [-0.39, 0.29) is 5.91 Å². The first-order valence-electron chi connectivity index (χ1n) is 6.86. The molecule has 0 unspecified atom stereocenters. The fourth-order valence-electron chi connectivity index (χ4n) is 2.11. The van der Waals surface area contributed by atoms with Gasteiger partial charge < -0.3 is 5.32 Å². The van der Waals surface area contributed by atoms with E-state index >= 15 is 0 Å². The van der Waals surface area contributed by atoms with Crippen LogP contribution in [-0.4, -0.2) is 35.9 Å². The lowest BCUT2D eigenvalue weighted by Gasteiger charge is -2.04. The number of anilines is 1. The van der Waals surface area contributed by atoms with Crippen LogP contribution >= 0.6 is 0 Å². The highest BCUT2D eigenvalue weighted by Gasteiger charge is 2.12. The summed E-state index contributed by atoms with van der Waals surface area (Å²) >= 11 is 0. The summed E-state index contributed by atoms with van der Waals surface area (Å²) in [6.45, 7) is 4.65. The molecule has 0 bridgehead atoms. The minimum Gasteiger partial charge on any atom is -0.321 e. The molecule has 1 aromatic carbocycles. The standard InChI is InChI=1S/C14H15N7O/c1-3-20-10(2)8-13(17-20)14(22)16-11-4-6-12(7-5-11)21-9-15-18-19-21/h4-9H,3H2,1-2H3,(H,16,22). The van der Waals surface area contributed by atoms with E-state index < -0.39 is 0 Å². The van der Waals surface area contributed by atoms with Crippen LogP contribution in [0, 0.1) is 6.92 Å². The first-order chi connectivity index (χ1) is 10.7. The second-order valence-corrected chi connectivity index (χ2v) is 4.74. The summed E-state index contributed by atoms with van der Waals surface area (Å²) in [6, 6.07) is 9.00. The van der Waals surface area contributed by atoms with Crippen LogP contribution in [0.1, 0.15) is 23.1 Å². The average Bonchev–Trinajstić information content (AvgIpc) is 3.17. The Hall–Kier alpha value is -3.03. The van der Waals surface area contributed by atoms with Gasteiger partial charge in [0.15, 0.2) is 5.69 Å². The molecule has 0 aliphatic rings. The summed E-state index contributed by atoms with van der Waals surface area (Å²) < 4.78 is 3.33. The minimum absolute atomic E-state index is 0.231. The molecule has 22 heavy (non-hydrogen) atoms. The molecule has 0 atom stereocenters. The zero-order valence-electron chi connectivity index (χ0n) is 12.3. The largest absolute Gasteiger partial charge is 0.321 e. The van der Waals surface area contributed by atoms with Gasteiger partial charge in [-0.25, -0.2) is 4.68 Å². The highest BCUT2D eigenvalue weighted by atomic mass is 16.1. The topological polar surface area (TPSA) is 90.5 Å². The Morgan fingerprint density at radius 1 is 1.27 bits per heavy atom. The van der Waals surface area contributed by atoms with Crippen LogP contribution in [0.25, 0.3) is 5.69 Å². The Bertz CT molecular complexity index is 774. The van der Waals surface area contributed by atoms with E-state index in [1.54, 1.807) is 22.9 Å². The molecule has 8 nitrogen and oxygen atoms in total. The Morgan fingerprint density at radius 2 is 2.05 bits per heavy atom. The monoisotopic (exact) mass is 297 g/mol. The maximum Gasteiger partial charge on any atom is 0.276 e. The molecule has 0 saturated heterocycles. The molecule has 2 aromatic heterocycles. The zero-order valence-corrected chi connectivity index (χ0v) is 12.3. The number of nitrogens with zero attached hydrogens (tertiary/aromatic N) is 6. The van der Waals surface area contributed by atoms with Crippen molar-refractivity contribution in [2.45, 2.75) is 20.4 Å². The average molecular weight is 297 g/mol. The number of hydrogen-bond acceptors (Lipinski definition) is 5. The third-order valence-corrected chi connectivity index (χ3v) is 3.25. The van der Waals surface area contributed by atoms with E-state index in [4.69, 9.17) is 0 Å². The van der Waals surface area contributed by atoms with Crippen molar-refractivity contribution in [3.63, 3.8) is 0 Å². The first kappa shape index (κ1) is 13.9. The van der Waals surface area contributed by atoms with Gasteiger partial charge in [-0.3, -0.25) is 9.48 Å². The van der Waals surface area contributed by atoms with Gasteiger partial charge in [-0.1, -0.05) is 0 Å². The number of rotatable bonds is 4. The zero-order chi connectivity index (χ0) is 15.5. The van der Waals surface area contributed by atoms with Crippen LogP contribution in [-0.2, 0) is 6.54 Å². The quantitative estimate of drug-likeness (QED) is 0.787. The van der Waals surface area contributed by atoms with Gasteiger partial charge in [-0.15, -0.1) is 5.10 Å². The van der Waals surface area contributed by atoms with E-state index in [0.717, 1.165) is 17.9 Å². The number of carbonyl (C=O) groups excluding carboxylic acids is 1. The molecule has 0 saturated carbocycles. The molecule has 1 N–H and O–H groups in total. The predicted octanol–water partition coefficient (Wildman–Crippen LogP) is 1.44. The second kappa shape index (κ2) is 5.76. The maximum atomic E-state index is 12.2. The van der Waals surface area contributed by atoms with Crippen LogP contribution in [0.2, 0.25) is 0 Å². The minimum atomic E-state index is -0.231. The van der Waals surface area contributed by atoms with Crippen molar-refractivity contribution in [2.75, 3.05) is 5.32 Å². The smallest absolute Gasteiger partial charge is 0.276 e. The number of aryl methyl sites for hydroxylation is 2. The van der Waals surface area contributed by atoms with Gasteiger partial charge in [0.2, 0.25) is 0 Å². The summed E-state index contributed by atoms with van der Waals surface area (Å²) in [5.74, 6) is -0.231. The summed E-state index contributed by atoms with van der Waals surface area (Å²) in [5, 5.41) is 18.0. The number of carbonyl (C=O) groups is 1. The lowest BCUT2D eigenvalue weighted by atomic mass is 10.2. The number of amides is 1. The van der Waals surface area contributed by atoms with E-state index in [9.17, 15) is 4.79 Å². The van der Waals surface area contributed by atoms with Gasteiger partial charge >= 0.3 is 0 Å². The highest BCUT2D eigenvalue weighted by Crippen LogP contribution is 2.13. The first-order valence-corrected chi connectivity index (χ1v) is 6.86. The third-order valence-electron chi connectivity index (χ3n) is 3.25. The number of benzene rings is 1. The van der Waals surface area contributed by atoms with Crippen molar-refractivity contribution in [1.82, 2.24) is 30.0 Å². The molecular weight excluding hydrogens is 282 g/mol. The van der Waals surface area contributed by atoms with Crippen molar-refractivity contribution in [3.8, 4) is 5.69 Å². The maximum absolute atomic E-state index is 12.2. The van der Waals surface area contributed by atoms with Crippen LogP contribution in [0.15, 0.2) is 36.7 Å². The van der Waals surface area contributed by atoms with E-state index in [2.05, 4.69) is 25.9 Å². The molecule has 0 radical (unpaired) electrons. The second-order valence-electron chi connectivity index (χ2n) is 4.74.